The lowest BCUT2D eigenvalue weighted by atomic mass is 10.1. The van der Waals surface area contributed by atoms with E-state index in [2.05, 4.69) is 5.32 Å². The maximum absolute atomic E-state index is 9.95. The summed E-state index contributed by atoms with van der Waals surface area (Å²) in [7, 11) is 1.60. The summed E-state index contributed by atoms with van der Waals surface area (Å²) in [6.07, 6.45) is 0.631. The highest BCUT2D eigenvalue weighted by Crippen LogP contribution is 2.25. The molecule has 1 aliphatic rings. The van der Waals surface area contributed by atoms with Crippen LogP contribution in [0.3, 0.4) is 0 Å². The average molecular weight is 281 g/mol. The van der Waals surface area contributed by atoms with Gasteiger partial charge in [-0.1, -0.05) is 12.1 Å². The molecule has 3 unspecified atom stereocenters. The Hall–Kier alpha value is -1.30. The van der Waals surface area contributed by atoms with Crippen molar-refractivity contribution in [2.24, 2.45) is 0 Å². The zero-order valence-corrected chi connectivity index (χ0v) is 12.0. The first-order valence-corrected chi connectivity index (χ1v) is 6.99. The summed E-state index contributed by atoms with van der Waals surface area (Å²) in [6.45, 7) is 3.55. The van der Waals surface area contributed by atoms with E-state index in [1.54, 1.807) is 7.11 Å². The Kier molecular flexibility index (Phi) is 5.64. The molecule has 5 heteroatoms. The van der Waals surface area contributed by atoms with E-state index in [9.17, 15) is 5.11 Å². The van der Waals surface area contributed by atoms with Crippen molar-refractivity contribution in [3.8, 4) is 11.5 Å². The van der Waals surface area contributed by atoms with Crippen LogP contribution in [0.15, 0.2) is 24.3 Å². The Morgan fingerprint density at radius 1 is 1.40 bits per heavy atom. The summed E-state index contributed by atoms with van der Waals surface area (Å²) < 4.78 is 16.2. The normalized spacial score (nSPS) is 23.6. The monoisotopic (exact) mass is 281 g/mol. The highest BCUT2D eigenvalue weighted by atomic mass is 16.5. The third-order valence-corrected chi connectivity index (χ3v) is 3.49. The van der Waals surface area contributed by atoms with Crippen LogP contribution in [0.1, 0.15) is 13.3 Å². The summed E-state index contributed by atoms with van der Waals surface area (Å²) >= 11 is 0. The Labute approximate surface area is 119 Å². The predicted molar refractivity (Wildman–Crippen MR) is 76.3 cm³/mol. The molecule has 0 aliphatic carbocycles. The fraction of sp³-hybridized carbons (Fsp3) is 0.600. The largest absolute Gasteiger partial charge is 0.493 e. The van der Waals surface area contributed by atoms with E-state index in [1.807, 2.05) is 31.2 Å². The minimum absolute atomic E-state index is 0.206. The van der Waals surface area contributed by atoms with Crippen molar-refractivity contribution >= 4 is 0 Å². The van der Waals surface area contributed by atoms with Crippen LogP contribution in [0.4, 0.5) is 0 Å². The van der Waals surface area contributed by atoms with Gasteiger partial charge in [-0.2, -0.15) is 0 Å². The van der Waals surface area contributed by atoms with Gasteiger partial charge in [0.2, 0.25) is 0 Å². The molecule has 0 saturated carbocycles. The van der Waals surface area contributed by atoms with Crippen LogP contribution in [0, 0.1) is 0 Å². The standard InChI is InChI=1S/C15H23NO4/c1-11-13(7-8-19-11)16-9-12(17)10-20-15-6-4-3-5-14(15)18-2/h3-6,11-13,16-17H,7-10H2,1-2H3. The van der Waals surface area contributed by atoms with Crippen LogP contribution in [0.5, 0.6) is 11.5 Å². The van der Waals surface area contributed by atoms with Gasteiger partial charge < -0.3 is 24.6 Å². The van der Waals surface area contributed by atoms with Gasteiger partial charge in [-0.15, -0.1) is 0 Å². The van der Waals surface area contributed by atoms with Gasteiger partial charge in [-0.25, -0.2) is 0 Å². The van der Waals surface area contributed by atoms with Gasteiger partial charge >= 0.3 is 0 Å². The van der Waals surface area contributed by atoms with Crippen molar-refractivity contribution in [2.75, 3.05) is 26.9 Å². The van der Waals surface area contributed by atoms with Crippen LogP contribution in [-0.2, 0) is 4.74 Å². The molecule has 1 aromatic carbocycles. The van der Waals surface area contributed by atoms with Crippen molar-refractivity contribution in [3.05, 3.63) is 24.3 Å². The van der Waals surface area contributed by atoms with E-state index < -0.39 is 6.10 Å². The number of hydrogen-bond acceptors (Lipinski definition) is 5. The van der Waals surface area contributed by atoms with Gasteiger partial charge in [0.25, 0.3) is 0 Å². The lowest BCUT2D eigenvalue weighted by Crippen LogP contribution is -2.41. The molecule has 2 rings (SSSR count). The maximum atomic E-state index is 9.95. The zero-order chi connectivity index (χ0) is 14.4. The molecule has 1 fully saturated rings. The van der Waals surface area contributed by atoms with Crippen LogP contribution >= 0.6 is 0 Å². The molecule has 1 aromatic rings. The smallest absolute Gasteiger partial charge is 0.161 e. The average Bonchev–Trinajstić information content (AvgIpc) is 2.88. The van der Waals surface area contributed by atoms with Crippen molar-refractivity contribution in [1.82, 2.24) is 5.32 Å². The second-order valence-corrected chi connectivity index (χ2v) is 5.00. The highest BCUT2D eigenvalue weighted by Gasteiger charge is 2.24. The lowest BCUT2D eigenvalue weighted by molar-refractivity contribution is 0.0888. The van der Waals surface area contributed by atoms with Gasteiger partial charge in [0.05, 0.1) is 13.2 Å². The minimum Gasteiger partial charge on any atom is -0.493 e. The number of nitrogens with one attached hydrogen (secondary N) is 1. The molecule has 0 radical (unpaired) electrons. The van der Waals surface area contributed by atoms with E-state index >= 15 is 0 Å². The molecule has 5 nitrogen and oxygen atoms in total. The fourth-order valence-electron chi connectivity index (χ4n) is 2.27. The number of aliphatic hydroxyl groups excluding tert-OH is 1. The van der Waals surface area contributed by atoms with E-state index in [0.717, 1.165) is 13.0 Å². The number of para-hydroxylation sites is 2. The molecule has 112 valence electrons. The van der Waals surface area contributed by atoms with Crippen LogP contribution in [-0.4, -0.2) is 50.2 Å². The van der Waals surface area contributed by atoms with Crippen molar-refractivity contribution < 1.29 is 19.3 Å². The summed E-state index contributed by atoms with van der Waals surface area (Å²) in [5.41, 5.74) is 0. The Balaban J connectivity index is 1.73. The van der Waals surface area contributed by atoms with Crippen molar-refractivity contribution in [1.29, 1.82) is 0 Å². The maximum Gasteiger partial charge on any atom is 0.161 e. The predicted octanol–water partition coefficient (Wildman–Crippen LogP) is 1.20. The molecule has 1 aliphatic heterocycles. The summed E-state index contributed by atoms with van der Waals surface area (Å²) in [6, 6.07) is 7.73. The van der Waals surface area contributed by atoms with E-state index in [1.165, 1.54) is 0 Å². The van der Waals surface area contributed by atoms with E-state index in [4.69, 9.17) is 14.2 Å². The lowest BCUT2D eigenvalue weighted by Gasteiger charge is -2.19. The fourth-order valence-corrected chi connectivity index (χ4v) is 2.27. The summed E-state index contributed by atoms with van der Waals surface area (Å²) in [4.78, 5) is 0. The van der Waals surface area contributed by atoms with Crippen molar-refractivity contribution in [2.45, 2.75) is 31.6 Å². The van der Waals surface area contributed by atoms with Gasteiger partial charge in [0, 0.05) is 19.2 Å². The third kappa shape index (κ3) is 4.10. The number of hydrogen-bond donors (Lipinski definition) is 2. The first-order valence-electron chi connectivity index (χ1n) is 6.99. The molecule has 0 spiro atoms. The van der Waals surface area contributed by atoms with Gasteiger partial charge in [-0.05, 0) is 25.5 Å². The van der Waals surface area contributed by atoms with Crippen LogP contribution in [0.2, 0.25) is 0 Å². The zero-order valence-electron chi connectivity index (χ0n) is 12.0. The Bertz CT molecular complexity index is 413. The topological polar surface area (TPSA) is 60.0 Å². The van der Waals surface area contributed by atoms with E-state index in [0.29, 0.717) is 24.1 Å². The molecule has 1 saturated heterocycles. The molecule has 2 N–H and O–H groups in total. The SMILES string of the molecule is COc1ccccc1OCC(O)CNC1CCOC1C. The molecule has 3 atom stereocenters. The number of benzene rings is 1. The Morgan fingerprint density at radius 2 is 2.15 bits per heavy atom. The molecule has 20 heavy (non-hydrogen) atoms. The number of aliphatic hydroxyl groups is 1. The molecular formula is C15H23NO4. The summed E-state index contributed by atoms with van der Waals surface area (Å²) in [5.74, 6) is 1.32. The number of ether oxygens (including phenoxy) is 3. The quantitative estimate of drug-likeness (QED) is 0.786. The van der Waals surface area contributed by atoms with Crippen molar-refractivity contribution in [3.63, 3.8) is 0 Å². The highest BCUT2D eigenvalue weighted by molar-refractivity contribution is 5.39. The van der Waals surface area contributed by atoms with Gasteiger partial charge in [0.1, 0.15) is 12.7 Å². The van der Waals surface area contributed by atoms with E-state index in [-0.39, 0.29) is 12.7 Å². The first kappa shape index (κ1) is 15.1. The number of methoxy groups -OCH3 is 1. The molecule has 0 bridgehead atoms. The molecule has 0 amide bonds. The third-order valence-electron chi connectivity index (χ3n) is 3.49. The molecule has 1 heterocycles. The van der Waals surface area contributed by atoms with Crippen LogP contribution in [0.25, 0.3) is 0 Å². The summed E-state index contributed by atoms with van der Waals surface area (Å²) in [5, 5.41) is 13.3. The molecular weight excluding hydrogens is 258 g/mol. The van der Waals surface area contributed by atoms with Crippen LogP contribution < -0.4 is 14.8 Å². The second kappa shape index (κ2) is 7.47. The second-order valence-electron chi connectivity index (χ2n) is 5.00. The first-order chi connectivity index (χ1) is 9.70. The molecule has 0 aromatic heterocycles. The minimum atomic E-state index is -0.562. The van der Waals surface area contributed by atoms with Gasteiger partial charge in [-0.3, -0.25) is 0 Å². The number of rotatable bonds is 7. The van der Waals surface area contributed by atoms with Gasteiger partial charge in [0.15, 0.2) is 11.5 Å². The Morgan fingerprint density at radius 3 is 2.80 bits per heavy atom.